The molecule has 24 heavy (non-hydrogen) atoms. The van der Waals surface area contributed by atoms with Crippen molar-refractivity contribution < 1.29 is 14.3 Å². The van der Waals surface area contributed by atoms with Gasteiger partial charge in [0.05, 0.1) is 6.04 Å². The molecule has 128 valence electrons. The highest BCUT2D eigenvalue weighted by Gasteiger charge is 2.16. The van der Waals surface area contributed by atoms with Gasteiger partial charge in [0.15, 0.2) is 6.61 Å². The molecular weight excluding hydrogens is 346 g/mol. The van der Waals surface area contributed by atoms with Crippen LogP contribution < -0.4 is 5.32 Å². The smallest absolute Gasteiger partial charge is 0.348 e. The highest BCUT2D eigenvalue weighted by atomic mass is 35.5. The number of amides is 1. The lowest BCUT2D eigenvalue weighted by Crippen LogP contribution is -2.31. The maximum Gasteiger partial charge on any atom is 0.348 e. The van der Waals surface area contributed by atoms with Crippen molar-refractivity contribution in [2.24, 2.45) is 0 Å². The Labute approximate surface area is 150 Å². The first-order valence-electron chi connectivity index (χ1n) is 7.72. The fourth-order valence-electron chi connectivity index (χ4n) is 2.32. The fourth-order valence-corrected chi connectivity index (χ4v) is 3.52. The van der Waals surface area contributed by atoms with Crippen molar-refractivity contribution in [3.63, 3.8) is 0 Å². The van der Waals surface area contributed by atoms with E-state index in [4.69, 9.17) is 16.3 Å². The number of carbonyl (C=O) groups excluding carboxylic acids is 2. The van der Waals surface area contributed by atoms with E-state index in [0.717, 1.165) is 22.4 Å². The molecule has 1 atom stereocenters. The fraction of sp³-hybridized carbons (Fsp3) is 0.333. The molecule has 1 aromatic carbocycles. The Bertz CT molecular complexity index is 742. The van der Waals surface area contributed by atoms with E-state index in [0.29, 0.717) is 9.90 Å². The monoisotopic (exact) mass is 365 g/mol. The molecule has 1 amide bonds. The Balaban J connectivity index is 1.87. The molecule has 0 spiro atoms. The summed E-state index contributed by atoms with van der Waals surface area (Å²) in [6, 6.07) is 8.88. The van der Waals surface area contributed by atoms with Crippen LogP contribution in [0.3, 0.4) is 0 Å². The molecule has 0 radical (unpaired) electrons. The summed E-state index contributed by atoms with van der Waals surface area (Å²) < 4.78 is 5.10. The summed E-state index contributed by atoms with van der Waals surface area (Å²) in [5, 5.41) is 3.40. The van der Waals surface area contributed by atoms with Crippen LogP contribution in [0, 0.1) is 6.92 Å². The average molecular weight is 366 g/mol. The summed E-state index contributed by atoms with van der Waals surface area (Å²) in [5.41, 5.74) is 2.02. The van der Waals surface area contributed by atoms with Crippen LogP contribution in [0.25, 0.3) is 0 Å². The Morgan fingerprint density at radius 1 is 1.33 bits per heavy atom. The third-order valence-corrected chi connectivity index (χ3v) is 4.97. The first-order valence-corrected chi connectivity index (χ1v) is 8.91. The van der Waals surface area contributed by atoms with Gasteiger partial charge in [0.2, 0.25) is 0 Å². The molecule has 1 N–H and O–H groups in total. The molecule has 0 saturated carbocycles. The molecule has 0 saturated heterocycles. The maximum absolute atomic E-state index is 12.0. The third-order valence-electron chi connectivity index (χ3n) is 3.66. The van der Waals surface area contributed by atoms with E-state index in [9.17, 15) is 9.59 Å². The summed E-state index contributed by atoms with van der Waals surface area (Å²) in [4.78, 5) is 25.6. The quantitative estimate of drug-likeness (QED) is 0.776. The van der Waals surface area contributed by atoms with Gasteiger partial charge in [0.25, 0.3) is 5.91 Å². The number of aryl methyl sites for hydroxylation is 2. The second-order valence-electron chi connectivity index (χ2n) is 5.47. The number of hydrogen-bond acceptors (Lipinski definition) is 4. The number of ether oxygens (including phenoxy) is 1. The minimum absolute atomic E-state index is 0.217. The zero-order valence-corrected chi connectivity index (χ0v) is 15.5. The van der Waals surface area contributed by atoms with E-state index in [1.807, 2.05) is 39.0 Å². The number of nitrogens with one attached hydrogen (secondary N) is 1. The van der Waals surface area contributed by atoms with E-state index < -0.39 is 5.97 Å². The summed E-state index contributed by atoms with van der Waals surface area (Å²) in [6.45, 7) is 5.55. The minimum Gasteiger partial charge on any atom is -0.451 e. The highest BCUT2D eigenvalue weighted by Crippen LogP contribution is 2.22. The molecule has 2 rings (SSSR count). The lowest BCUT2D eigenvalue weighted by Gasteiger charge is -2.14. The zero-order chi connectivity index (χ0) is 17.7. The number of esters is 1. The molecule has 0 aliphatic heterocycles. The second kappa shape index (κ2) is 8.31. The lowest BCUT2D eigenvalue weighted by molar-refractivity contribution is -0.124. The molecule has 0 fully saturated rings. The average Bonchev–Trinajstić information content (AvgIpc) is 2.93. The van der Waals surface area contributed by atoms with Crippen molar-refractivity contribution >= 4 is 34.8 Å². The van der Waals surface area contributed by atoms with Crippen LogP contribution in [0.2, 0.25) is 5.02 Å². The van der Waals surface area contributed by atoms with E-state index in [2.05, 4.69) is 5.32 Å². The van der Waals surface area contributed by atoms with Crippen molar-refractivity contribution in [3.8, 4) is 0 Å². The number of thiophene rings is 1. The predicted octanol–water partition coefficient (Wildman–Crippen LogP) is 4.31. The van der Waals surface area contributed by atoms with Gasteiger partial charge < -0.3 is 10.1 Å². The largest absolute Gasteiger partial charge is 0.451 e. The topological polar surface area (TPSA) is 55.4 Å². The molecule has 0 aliphatic rings. The molecular formula is C18H20ClNO3S. The number of rotatable bonds is 6. The zero-order valence-electron chi connectivity index (χ0n) is 13.9. The number of hydrogen-bond donors (Lipinski definition) is 1. The van der Waals surface area contributed by atoms with Crippen LogP contribution >= 0.6 is 22.9 Å². The van der Waals surface area contributed by atoms with Gasteiger partial charge in [-0.25, -0.2) is 4.79 Å². The number of benzene rings is 1. The summed E-state index contributed by atoms with van der Waals surface area (Å²) >= 11 is 7.33. The predicted molar refractivity (Wildman–Crippen MR) is 96.7 cm³/mol. The van der Waals surface area contributed by atoms with Gasteiger partial charge in [-0.1, -0.05) is 30.7 Å². The van der Waals surface area contributed by atoms with Gasteiger partial charge in [-0.15, -0.1) is 11.3 Å². The lowest BCUT2D eigenvalue weighted by atomic mass is 10.1. The molecule has 1 aromatic heterocycles. The molecule has 0 bridgehead atoms. The van der Waals surface area contributed by atoms with Gasteiger partial charge >= 0.3 is 5.97 Å². The molecule has 1 heterocycles. The van der Waals surface area contributed by atoms with Crippen LogP contribution in [-0.2, 0) is 16.0 Å². The second-order valence-corrected chi connectivity index (χ2v) is 7.16. The molecule has 2 aromatic rings. The van der Waals surface area contributed by atoms with Gasteiger partial charge in [-0.2, -0.15) is 0 Å². The van der Waals surface area contributed by atoms with E-state index in [-0.39, 0.29) is 18.6 Å². The minimum atomic E-state index is -0.464. The molecule has 0 unspecified atom stereocenters. The van der Waals surface area contributed by atoms with E-state index in [1.165, 1.54) is 11.3 Å². The molecule has 4 nitrogen and oxygen atoms in total. The maximum atomic E-state index is 12.0. The van der Waals surface area contributed by atoms with Crippen molar-refractivity contribution in [1.29, 1.82) is 0 Å². The highest BCUT2D eigenvalue weighted by molar-refractivity contribution is 7.14. The van der Waals surface area contributed by atoms with Crippen molar-refractivity contribution in [2.75, 3.05) is 6.61 Å². The van der Waals surface area contributed by atoms with Crippen molar-refractivity contribution in [2.45, 2.75) is 33.2 Å². The molecule has 6 heteroatoms. The van der Waals surface area contributed by atoms with Crippen LogP contribution in [-0.4, -0.2) is 18.5 Å². The number of halogens is 1. The number of carbonyl (C=O) groups is 2. The van der Waals surface area contributed by atoms with Gasteiger partial charge in [-0.05, 0) is 49.6 Å². The summed E-state index contributed by atoms with van der Waals surface area (Å²) in [7, 11) is 0. The SMILES string of the molecule is CCc1cc(C(=O)OCC(=O)N[C@H](C)c2cccc(Cl)c2)sc1C. The Kier molecular flexibility index (Phi) is 6.40. The van der Waals surface area contributed by atoms with Crippen LogP contribution in [0.1, 0.15) is 45.6 Å². The first kappa shape index (κ1) is 18.5. The third kappa shape index (κ3) is 4.82. The summed E-state index contributed by atoms with van der Waals surface area (Å²) in [6.07, 6.45) is 0.868. The van der Waals surface area contributed by atoms with Crippen molar-refractivity contribution in [1.82, 2.24) is 5.32 Å². The van der Waals surface area contributed by atoms with E-state index >= 15 is 0 Å². The van der Waals surface area contributed by atoms with Crippen LogP contribution in [0.5, 0.6) is 0 Å². The Morgan fingerprint density at radius 3 is 2.71 bits per heavy atom. The van der Waals surface area contributed by atoms with Crippen molar-refractivity contribution in [3.05, 3.63) is 56.2 Å². The molecule has 0 aliphatic carbocycles. The van der Waals surface area contributed by atoms with Gasteiger partial charge in [-0.3, -0.25) is 4.79 Å². The summed E-state index contributed by atoms with van der Waals surface area (Å²) in [5.74, 6) is -0.812. The normalized spacial score (nSPS) is 11.8. The Morgan fingerprint density at radius 2 is 2.08 bits per heavy atom. The van der Waals surface area contributed by atoms with Crippen LogP contribution in [0.4, 0.5) is 0 Å². The van der Waals surface area contributed by atoms with Gasteiger partial charge in [0.1, 0.15) is 4.88 Å². The van der Waals surface area contributed by atoms with Crippen LogP contribution in [0.15, 0.2) is 30.3 Å². The van der Waals surface area contributed by atoms with E-state index in [1.54, 1.807) is 12.1 Å². The first-order chi connectivity index (χ1) is 11.4. The Hall–Kier alpha value is -1.85. The van der Waals surface area contributed by atoms with Gasteiger partial charge in [0, 0.05) is 9.90 Å². The standard InChI is InChI=1S/C18H20ClNO3S/c1-4-13-9-16(24-12(13)3)18(22)23-10-17(21)20-11(2)14-6-5-7-15(19)8-14/h5-9,11H,4,10H2,1-3H3,(H,20,21)/t11-/m1/s1.